The number of nitrogens with zero attached hydrogens (tertiary/aromatic N) is 2. The van der Waals surface area contributed by atoms with Crippen molar-refractivity contribution in [3.63, 3.8) is 0 Å². The van der Waals surface area contributed by atoms with Crippen LogP contribution < -0.4 is 16.2 Å². The Kier molecular flexibility index (Phi) is 6.49. The molecule has 34 heavy (non-hydrogen) atoms. The van der Waals surface area contributed by atoms with Gasteiger partial charge in [-0.25, -0.2) is 9.37 Å². The Morgan fingerprint density at radius 1 is 0.971 bits per heavy atom. The largest absolute Gasteiger partial charge is 0.326 e. The second kappa shape index (κ2) is 9.66. The monoisotopic (exact) mass is 458 g/mol. The van der Waals surface area contributed by atoms with Gasteiger partial charge in [0.25, 0.3) is 5.56 Å². The fraction of sp³-hybridized carbons (Fsp3) is 0.154. The lowest BCUT2D eigenvalue weighted by atomic mass is 10.1. The number of nitrogens with one attached hydrogen (secondary N) is 2. The van der Waals surface area contributed by atoms with Crippen LogP contribution in [0.5, 0.6) is 0 Å². The van der Waals surface area contributed by atoms with E-state index in [0.29, 0.717) is 34.4 Å². The number of carbonyl (C=O) groups is 2. The molecule has 0 saturated heterocycles. The maximum atomic E-state index is 13.8. The summed E-state index contributed by atoms with van der Waals surface area (Å²) in [5, 5.41) is 5.50. The number of amides is 2. The Morgan fingerprint density at radius 2 is 1.65 bits per heavy atom. The van der Waals surface area contributed by atoms with Crippen molar-refractivity contribution in [1.82, 2.24) is 9.55 Å². The van der Waals surface area contributed by atoms with Gasteiger partial charge >= 0.3 is 0 Å². The molecule has 8 heteroatoms. The van der Waals surface area contributed by atoms with Crippen LogP contribution in [-0.4, -0.2) is 21.4 Å². The number of para-hydroxylation sites is 3. The van der Waals surface area contributed by atoms with Crippen LogP contribution in [0.4, 0.5) is 15.8 Å². The second-order valence-corrected chi connectivity index (χ2v) is 7.77. The molecule has 2 amide bonds. The lowest BCUT2D eigenvalue weighted by Crippen LogP contribution is -2.34. The predicted octanol–water partition coefficient (Wildman–Crippen LogP) is 4.75. The van der Waals surface area contributed by atoms with Gasteiger partial charge in [-0.3, -0.25) is 19.0 Å². The van der Waals surface area contributed by atoms with E-state index in [2.05, 4.69) is 15.6 Å². The number of hydrogen-bond acceptors (Lipinski definition) is 4. The molecule has 7 nitrogen and oxygen atoms in total. The fourth-order valence-corrected chi connectivity index (χ4v) is 3.87. The third-order valence-corrected chi connectivity index (χ3v) is 5.40. The van der Waals surface area contributed by atoms with E-state index in [9.17, 15) is 18.8 Å². The van der Waals surface area contributed by atoms with Gasteiger partial charge < -0.3 is 10.6 Å². The van der Waals surface area contributed by atoms with Crippen molar-refractivity contribution in [3.8, 4) is 11.3 Å². The zero-order valence-electron chi connectivity index (χ0n) is 18.7. The standard InChI is InChI=1S/C26H23FN4O3/c1-3-22(25(33)29-18-14-12-17(27)13-15-18)31-23-11-7-6-10-21(23)30-24(26(31)34)19-8-4-5-9-20(19)28-16(2)32/h4-15,22H,3H2,1-2H3,(H,28,32)(H,29,33)/t22-/m0/s1. The summed E-state index contributed by atoms with van der Waals surface area (Å²) in [6.07, 6.45) is 0.327. The number of aromatic nitrogens is 2. The van der Waals surface area contributed by atoms with E-state index in [1.807, 2.05) is 6.92 Å². The summed E-state index contributed by atoms with van der Waals surface area (Å²) in [4.78, 5) is 43.3. The molecule has 0 aliphatic rings. The minimum absolute atomic E-state index is 0.121. The highest BCUT2D eigenvalue weighted by Crippen LogP contribution is 2.27. The van der Waals surface area contributed by atoms with Crippen molar-refractivity contribution in [3.05, 3.63) is 89.0 Å². The van der Waals surface area contributed by atoms with Crippen LogP contribution in [0, 0.1) is 5.82 Å². The van der Waals surface area contributed by atoms with E-state index in [0.717, 1.165) is 0 Å². The van der Waals surface area contributed by atoms with Crippen LogP contribution in [0.3, 0.4) is 0 Å². The molecule has 1 atom stereocenters. The topological polar surface area (TPSA) is 93.1 Å². The van der Waals surface area contributed by atoms with Gasteiger partial charge in [-0.1, -0.05) is 37.3 Å². The first kappa shape index (κ1) is 22.8. The number of halogens is 1. The van der Waals surface area contributed by atoms with Gasteiger partial charge in [0, 0.05) is 18.2 Å². The average Bonchev–Trinajstić information content (AvgIpc) is 2.82. The van der Waals surface area contributed by atoms with E-state index >= 15 is 0 Å². The van der Waals surface area contributed by atoms with Crippen molar-refractivity contribution >= 4 is 34.2 Å². The normalized spacial score (nSPS) is 11.7. The molecule has 0 fully saturated rings. The summed E-state index contributed by atoms with van der Waals surface area (Å²) in [5.41, 5.74) is 2.03. The lowest BCUT2D eigenvalue weighted by molar-refractivity contribution is -0.119. The summed E-state index contributed by atoms with van der Waals surface area (Å²) in [7, 11) is 0. The molecular weight excluding hydrogens is 435 g/mol. The molecule has 1 heterocycles. The first-order valence-corrected chi connectivity index (χ1v) is 10.8. The number of anilines is 2. The number of carbonyl (C=O) groups excluding carboxylic acids is 2. The van der Waals surface area contributed by atoms with E-state index < -0.39 is 23.3 Å². The Labute approximate surface area is 195 Å². The number of fused-ring (bicyclic) bond motifs is 1. The van der Waals surface area contributed by atoms with Crippen LogP contribution >= 0.6 is 0 Å². The fourth-order valence-electron chi connectivity index (χ4n) is 3.87. The molecule has 2 N–H and O–H groups in total. The van der Waals surface area contributed by atoms with Crippen LogP contribution in [0.25, 0.3) is 22.3 Å². The molecule has 0 unspecified atom stereocenters. The van der Waals surface area contributed by atoms with Crippen LogP contribution in [0.15, 0.2) is 77.6 Å². The molecule has 172 valence electrons. The third kappa shape index (κ3) is 4.56. The summed E-state index contributed by atoms with van der Waals surface area (Å²) in [6, 6.07) is 18.5. The molecule has 0 saturated carbocycles. The Bertz CT molecular complexity index is 1430. The highest BCUT2D eigenvalue weighted by molar-refractivity contribution is 5.96. The van der Waals surface area contributed by atoms with Gasteiger partial charge in [0.2, 0.25) is 11.8 Å². The number of hydrogen-bond donors (Lipinski definition) is 2. The summed E-state index contributed by atoms with van der Waals surface area (Å²) < 4.78 is 14.7. The molecule has 4 rings (SSSR count). The van der Waals surface area contributed by atoms with Gasteiger partial charge in [0.05, 0.1) is 16.7 Å². The summed E-state index contributed by atoms with van der Waals surface area (Å²) in [5.74, 6) is -1.10. The maximum Gasteiger partial charge on any atom is 0.278 e. The SMILES string of the molecule is CC[C@@H](C(=O)Nc1ccc(F)cc1)n1c(=O)c(-c2ccccc2NC(C)=O)nc2ccccc21. The third-order valence-electron chi connectivity index (χ3n) is 5.40. The molecule has 1 aromatic heterocycles. The second-order valence-electron chi connectivity index (χ2n) is 7.77. The van der Waals surface area contributed by atoms with Gasteiger partial charge in [-0.2, -0.15) is 0 Å². The Balaban J connectivity index is 1.88. The number of rotatable bonds is 6. The van der Waals surface area contributed by atoms with Gasteiger partial charge in [0.15, 0.2) is 0 Å². The van der Waals surface area contributed by atoms with Gasteiger partial charge in [-0.05, 0) is 48.9 Å². The van der Waals surface area contributed by atoms with Crippen molar-refractivity contribution in [1.29, 1.82) is 0 Å². The molecular formula is C26H23FN4O3. The lowest BCUT2D eigenvalue weighted by Gasteiger charge is -2.21. The van der Waals surface area contributed by atoms with Crippen molar-refractivity contribution in [2.75, 3.05) is 10.6 Å². The van der Waals surface area contributed by atoms with Gasteiger partial charge in [0.1, 0.15) is 17.6 Å². The molecule has 0 spiro atoms. The first-order valence-electron chi connectivity index (χ1n) is 10.8. The van der Waals surface area contributed by atoms with E-state index in [4.69, 9.17) is 0 Å². The minimum Gasteiger partial charge on any atom is -0.326 e. The Morgan fingerprint density at radius 3 is 2.35 bits per heavy atom. The zero-order chi connectivity index (χ0) is 24.2. The molecule has 4 aromatic rings. The quantitative estimate of drug-likeness (QED) is 0.436. The molecule has 0 bridgehead atoms. The van der Waals surface area contributed by atoms with Crippen LogP contribution in [-0.2, 0) is 9.59 Å². The number of benzene rings is 3. The smallest absolute Gasteiger partial charge is 0.278 e. The maximum absolute atomic E-state index is 13.8. The van der Waals surface area contributed by atoms with Crippen LogP contribution in [0.2, 0.25) is 0 Å². The van der Waals surface area contributed by atoms with Gasteiger partial charge in [-0.15, -0.1) is 0 Å². The minimum atomic E-state index is -0.850. The predicted molar refractivity (Wildman–Crippen MR) is 130 cm³/mol. The zero-order valence-corrected chi connectivity index (χ0v) is 18.7. The van der Waals surface area contributed by atoms with Crippen molar-refractivity contribution in [2.45, 2.75) is 26.3 Å². The highest BCUT2D eigenvalue weighted by atomic mass is 19.1. The van der Waals surface area contributed by atoms with Crippen molar-refractivity contribution < 1.29 is 14.0 Å². The Hall–Kier alpha value is -4.33. The summed E-state index contributed by atoms with van der Waals surface area (Å²) >= 11 is 0. The molecule has 0 aliphatic carbocycles. The van der Waals surface area contributed by atoms with Crippen molar-refractivity contribution in [2.24, 2.45) is 0 Å². The first-order chi connectivity index (χ1) is 16.4. The van der Waals surface area contributed by atoms with Crippen LogP contribution in [0.1, 0.15) is 26.3 Å². The average molecular weight is 458 g/mol. The molecule has 0 radical (unpaired) electrons. The van der Waals surface area contributed by atoms with E-state index in [-0.39, 0.29) is 11.6 Å². The van der Waals surface area contributed by atoms with E-state index in [1.54, 1.807) is 48.5 Å². The summed E-state index contributed by atoms with van der Waals surface area (Å²) in [6.45, 7) is 3.19. The molecule has 0 aliphatic heterocycles. The highest BCUT2D eigenvalue weighted by Gasteiger charge is 2.25. The van der Waals surface area contributed by atoms with E-state index in [1.165, 1.54) is 35.8 Å². The molecule has 3 aromatic carbocycles.